The molecule has 5 nitrogen and oxygen atoms in total. The van der Waals surface area contributed by atoms with Gasteiger partial charge in [0.15, 0.2) is 0 Å². The van der Waals surface area contributed by atoms with Crippen LogP contribution < -0.4 is 10.6 Å². The van der Waals surface area contributed by atoms with Gasteiger partial charge >= 0.3 is 0 Å². The third-order valence-electron chi connectivity index (χ3n) is 5.71. The summed E-state index contributed by atoms with van der Waals surface area (Å²) in [6.45, 7) is 4.06. The SMILES string of the molecule is Cc1ccccc1CNC(=O)C1CCC(C(=O)NCC2CCCO2)CC1. The highest BCUT2D eigenvalue weighted by molar-refractivity contribution is 5.81. The first-order chi connectivity index (χ1) is 12.6. The highest BCUT2D eigenvalue weighted by atomic mass is 16.5. The number of amides is 2. The number of rotatable bonds is 6. The van der Waals surface area contributed by atoms with Crippen molar-refractivity contribution in [3.05, 3.63) is 35.4 Å². The lowest BCUT2D eigenvalue weighted by atomic mass is 9.81. The number of hydrogen-bond acceptors (Lipinski definition) is 3. The van der Waals surface area contributed by atoms with E-state index in [4.69, 9.17) is 4.74 Å². The maximum atomic E-state index is 12.4. The first kappa shape index (κ1) is 18.9. The zero-order chi connectivity index (χ0) is 18.4. The third kappa shape index (κ3) is 5.07. The second-order valence-electron chi connectivity index (χ2n) is 7.57. The van der Waals surface area contributed by atoms with Gasteiger partial charge in [0.1, 0.15) is 0 Å². The molecule has 1 aromatic rings. The van der Waals surface area contributed by atoms with Crippen LogP contribution in [0.1, 0.15) is 49.7 Å². The molecule has 0 spiro atoms. The highest BCUT2D eigenvalue weighted by Gasteiger charge is 2.30. The van der Waals surface area contributed by atoms with Gasteiger partial charge in [0, 0.05) is 31.5 Å². The lowest BCUT2D eigenvalue weighted by Gasteiger charge is -2.27. The van der Waals surface area contributed by atoms with E-state index in [9.17, 15) is 9.59 Å². The molecule has 2 aliphatic rings. The van der Waals surface area contributed by atoms with Crippen LogP contribution in [0.3, 0.4) is 0 Å². The zero-order valence-electron chi connectivity index (χ0n) is 15.6. The molecule has 3 rings (SSSR count). The average Bonchev–Trinajstić information content (AvgIpc) is 3.19. The van der Waals surface area contributed by atoms with Gasteiger partial charge in [0.05, 0.1) is 6.10 Å². The summed E-state index contributed by atoms with van der Waals surface area (Å²) in [6, 6.07) is 8.10. The maximum Gasteiger partial charge on any atom is 0.223 e. The molecule has 1 saturated carbocycles. The monoisotopic (exact) mass is 358 g/mol. The number of ether oxygens (including phenoxy) is 1. The Kier molecular flexibility index (Phi) is 6.67. The molecule has 1 aliphatic heterocycles. The molecule has 1 unspecified atom stereocenters. The van der Waals surface area contributed by atoms with Gasteiger partial charge in [-0.15, -0.1) is 0 Å². The van der Waals surface area contributed by atoms with E-state index in [0.29, 0.717) is 13.1 Å². The Morgan fingerprint density at radius 2 is 1.65 bits per heavy atom. The fourth-order valence-corrected chi connectivity index (χ4v) is 3.92. The molecule has 0 bridgehead atoms. The van der Waals surface area contributed by atoms with Crippen LogP contribution in [0.5, 0.6) is 0 Å². The number of nitrogens with one attached hydrogen (secondary N) is 2. The van der Waals surface area contributed by atoms with Crippen LogP contribution in [-0.4, -0.2) is 31.1 Å². The van der Waals surface area contributed by atoms with E-state index in [0.717, 1.165) is 50.7 Å². The molecular formula is C21H30N2O3. The smallest absolute Gasteiger partial charge is 0.223 e. The fraction of sp³-hybridized carbons (Fsp3) is 0.619. The largest absolute Gasteiger partial charge is 0.376 e. The second-order valence-corrected chi connectivity index (χ2v) is 7.57. The van der Waals surface area contributed by atoms with E-state index >= 15 is 0 Å². The van der Waals surface area contributed by atoms with Crippen molar-refractivity contribution in [3.63, 3.8) is 0 Å². The van der Waals surface area contributed by atoms with E-state index in [2.05, 4.69) is 23.6 Å². The van der Waals surface area contributed by atoms with Crippen LogP contribution >= 0.6 is 0 Å². The molecule has 1 heterocycles. The summed E-state index contributed by atoms with van der Waals surface area (Å²) in [6.07, 6.45) is 5.47. The van der Waals surface area contributed by atoms with Gasteiger partial charge in [0.25, 0.3) is 0 Å². The van der Waals surface area contributed by atoms with Crippen molar-refractivity contribution in [2.45, 2.75) is 58.1 Å². The van der Waals surface area contributed by atoms with Crippen molar-refractivity contribution >= 4 is 11.8 Å². The molecule has 0 radical (unpaired) electrons. The van der Waals surface area contributed by atoms with E-state index in [1.54, 1.807) is 0 Å². The summed E-state index contributed by atoms with van der Waals surface area (Å²) in [4.78, 5) is 24.7. The summed E-state index contributed by atoms with van der Waals surface area (Å²) < 4.78 is 5.54. The Morgan fingerprint density at radius 1 is 1.00 bits per heavy atom. The standard InChI is InChI=1S/C21H30N2O3/c1-15-5-2-3-6-18(15)13-22-20(24)16-8-10-17(11-9-16)21(25)23-14-19-7-4-12-26-19/h2-3,5-6,16-17,19H,4,7-14H2,1H3,(H,22,24)(H,23,25). The predicted octanol–water partition coefficient (Wildman–Crippen LogP) is 2.71. The molecule has 2 amide bonds. The molecule has 1 aliphatic carbocycles. The summed E-state index contributed by atoms with van der Waals surface area (Å²) in [7, 11) is 0. The molecule has 1 atom stereocenters. The molecular weight excluding hydrogens is 328 g/mol. The van der Waals surface area contributed by atoms with Gasteiger partial charge in [0.2, 0.25) is 11.8 Å². The van der Waals surface area contributed by atoms with Crippen LogP contribution in [0, 0.1) is 18.8 Å². The fourth-order valence-electron chi connectivity index (χ4n) is 3.92. The number of aryl methyl sites for hydroxylation is 1. The van der Waals surface area contributed by atoms with E-state index in [1.165, 1.54) is 5.56 Å². The number of benzene rings is 1. The molecule has 1 saturated heterocycles. The topological polar surface area (TPSA) is 67.4 Å². The first-order valence-electron chi connectivity index (χ1n) is 9.85. The molecule has 2 N–H and O–H groups in total. The summed E-state index contributed by atoms with van der Waals surface area (Å²) >= 11 is 0. The molecule has 0 aromatic heterocycles. The zero-order valence-corrected chi connectivity index (χ0v) is 15.6. The Morgan fingerprint density at radius 3 is 2.27 bits per heavy atom. The minimum atomic E-state index is 0.0289. The second kappa shape index (κ2) is 9.17. The van der Waals surface area contributed by atoms with Crippen LogP contribution in [-0.2, 0) is 20.9 Å². The third-order valence-corrected chi connectivity index (χ3v) is 5.71. The van der Waals surface area contributed by atoms with Crippen LogP contribution in [0.4, 0.5) is 0 Å². The summed E-state index contributed by atoms with van der Waals surface area (Å²) in [5.74, 6) is 0.309. The van der Waals surface area contributed by atoms with Crippen LogP contribution in [0.15, 0.2) is 24.3 Å². The molecule has 142 valence electrons. The lowest BCUT2D eigenvalue weighted by molar-refractivity contribution is -0.130. The molecule has 5 heteroatoms. The summed E-state index contributed by atoms with van der Waals surface area (Å²) in [5, 5.41) is 6.09. The van der Waals surface area contributed by atoms with Crippen molar-refractivity contribution < 1.29 is 14.3 Å². The predicted molar refractivity (Wildman–Crippen MR) is 100 cm³/mol. The van der Waals surface area contributed by atoms with Gasteiger partial charge in [-0.25, -0.2) is 0 Å². The average molecular weight is 358 g/mol. The molecule has 26 heavy (non-hydrogen) atoms. The van der Waals surface area contributed by atoms with Gasteiger partial charge in [-0.1, -0.05) is 24.3 Å². The van der Waals surface area contributed by atoms with E-state index in [-0.39, 0.29) is 29.8 Å². The van der Waals surface area contributed by atoms with Gasteiger partial charge < -0.3 is 15.4 Å². The molecule has 2 fully saturated rings. The quantitative estimate of drug-likeness (QED) is 0.822. The normalized spacial score (nSPS) is 25.7. The highest BCUT2D eigenvalue weighted by Crippen LogP contribution is 2.29. The number of hydrogen-bond donors (Lipinski definition) is 2. The lowest BCUT2D eigenvalue weighted by Crippen LogP contribution is -2.39. The maximum absolute atomic E-state index is 12.4. The van der Waals surface area contributed by atoms with Crippen molar-refractivity contribution in [2.75, 3.05) is 13.2 Å². The Hall–Kier alpha value is -1.88. The van der Waals surface area contributed by atoms with Crippen molar-refractivity contribution in [1.82, 2.24) is 10.6 Å². The Balaban J connectivity index is 1.37. The van der Waals surface area contributed by atoms with Crippen molar-refractivity contribution in [2.24, 2.45) is 11.8 Å². The number of carbonyl (C=O) groups excluding carboxylic acids is 2. The van der Waals surface area contributed by atoms with E-state index < -0.39 is 0 Å². The van der Waals surface area contributed by atoms with Gasteiger partial charge in [-0.3, -0.25) is 9.59 Å². The van der Waals surface area contributed by atoms with Crippen molar-refractivity contribution in [1.29, 1.82) is 0 Å². The van der Waals surface area contributed by atoms with Gasteiger partial charge in [-0.05, 0) is 56.6 Å². The summed E-state index contributed by atoms with van der Waals surface area (Å²) in [5.41, 5.74) is 2.35. The Labute approximate surface area is 155 Å². The number of carbonyl (C=O) groups is 2. The first-order valence-corrected chi connectivity index (χ1v) is 9.85. The Bertz CT molecular complexity index is 617. The molecule has 1 aromatic carbocycles. The van der Waals surface area contributed by atoms with E-state index in [1.807, 2.05) is 18.2 Å². The minimum Gasteiger partial charge on any atom is -0.376 e. The minimum absolute atomic E-state index is 0.0289. The van der Waals surface area contributed by atoms with Crippen LogP contribution in [0.25, 0.3) is 0 Å². The van der Waals surface area contributed by atoms with Gasteiger partial charge in [-0.2, -0.15) is 0 Å². The van der Waals surface area contributed by atoms with Crippen LogP contribution in [0.2, 0.25) is 0 Å². The van der Waals surface area contributed by atoms with Crippen molar-refractivity contribution in [3.8, 4) is 0 Å².